The molecule has 0 aliphatic rings. The number of aromatic hydroxyl groups is 1. The number of nitrogens with zero attached hydrogens (tertiary/aromatic N) is 2. The standard InChI is InChI=1S/C20H15F3N4O3S/c1-11(28)25-14-7-5-13(6-8-14)24-10-16-17(29)26-19(31)27(18(16)30)15-4-2-3-12(9-15)20(21,22)23/h2-10,30H,1H3,(H,25,28)(H,26,29,31). The Labute approximate surface area is 178 Å². The number of anilines is 1. The molecule has 0 radical (unpaired) electrons. The highest BCUT2D eigenvalue weighted by Gasteiger charge is 2.30. The van der Waals surface area contributed by atoms with Gasteiger partial charge in [-0.15, -0.1) is 0 Å². The van der Waals surface area contributed by atoms with Crippen LogP contribution in [0.3, 0.4) is 0 Å². The zero-order valence-corrected chi connectivity index (χ0v) is 16.7. The van der Waals surface area contributed by atoms with E-state index < -0.39 is 23.2 Å². The average molecular weight is 448 g/mol. The van der Waals surface area contributed by atoms with Crippen LogP contribution in [-0.2, 0) is 11.0 Å². The molecule has 0 fully saturated rings. The summed E-state index contributed by atoms with van der Waals surface area (Å²) in [5.74, 6) is -0.900. The summed E-state index contributed by atoms with van der Waals surface area (Å²) in [7, 11) is 0. The van der Waals surface area contributed by atoms with Gasteiger partial charge in [0.05, 0.1) is 16.9 Å². The van der Waals surface area contributed by atoms with Crippen LogP contribution in [0.15, 0.2) is 58.3 Å². The second kappa shape index (κ2) is 8.56. The first-order valence-electron chi connectivity index (χ1n) is 8.74. The number of amides is 1. The summed E-state index contributed by atoms with van der Waals surface area (Å²) in [6.45, 7) is 1.36. The highest BCUT2D eigenvalue weighted by atomic mass is 32.1. The number of hydrogen-bond donors (Lipinski definition) is 3. The topological polar surface area (TPSA) is 99.5 Å². The van der Waals surface area contributed by atoms with Gasteiger partial charge in [-0.3, -0.25) is 24.1 Å². The molecule has 1 heterocycles. The molecule has 1 amide bonds. The minimum absolute atomic E-state index is 0.0807. The lowest BCUT2D eigenvalue weighted by atomic mass is 10.2. The molecule has 0 spiro atoms. The monoisotopic (exact) mass is 448 g/mol. The Morgan fingerprint density at radius 3 is 2.52 bits per heavy atom. The third kappa shape index (κ3) is 5.07. The average Bonchev–Trinajstić information content (AvgIpc) is 2.68. The van der Waals surface area contributed by atoms with Crippen LogP contribution in [-0.4, -0.2) is 26.8 Å². The van der Waals surface area contributed by atoms with Gasteiger partial charge in [-0.05, 0) is 54.7 Å². The van der Waals surface area contributed by atoms with Crippen molar-refractivity contribution in [1.29, 1.82) is 0 Å². The van der Waals surface area contributed by atoms with E-state index in [1.807, 2.05) is 0 Å². The van der Waals surface area contributed by atoms with E-state index in [4.69, 9.17) is 12.2 Å². The number of halogens is 3. The van der Waals surface area contributed by atoms with Crippen molar-refractivity contribution in [1.82, 2.24) is 9.55 Å². The quantitative estimate of drug-likeness (QED) is 0.409. The molecule has 3 aromatic rings. The highest BCUT2D eigenvalue weighted by Crippen LogP contribution is 2.31. The fourth-order valence-electron chi connectivity index (χ4n) is 2.69. The fourth-order valence-corrected chi connectivity index (χ4v) is 2.97. The number of rotatable bonds is 4. The van der Waals surface area contributed by atoms with Crippen LogP contribution in [0, 0.1) is 4.77 Å². The van der Waals surface area contributed by atoms with Crippen LogP contribution in [0.2, 0.25) is 0 Å². The van der Waals surface area contributed by atoms with Gasteiger partial charge in [0.15, 0.2) is 4.77 Å². The molecule has 160 valence electrons. The van der Waals surface area contributed by atoms with Crippen molar-refractivity contribution in [2.24, 2.45) is 4.99 Å². The summed E-state index contributed by atoms with van der Waals surface area (Å²) >= 11 is 5.02. The van der Waals surface area contributed by atoms with Crippen molar-refractivity contribution < 1.29 is 23.1 Å². The second-order valence-electron chi connectivity index (χ2n) is 6.37. The van der Waals surface area contributed by atoms with E-state index in [2.05, 4.69) is 15.3 Å². The van der Waals surface area contributed by atoms with Crippen molar-refractivity contribution in [2.75, 3.05) is 5.32 Å². The minimum Gasteiger partial charge on any atom is -0.494 e. The maximum atomic E-state index is 13.0. The van der Waals surface area contributed by atoms with Gasteiger partial charge in [0, 0.05) is 18.8 Å². The Morgan fingerprint density at radius 2 is 1.90 bits per heavy atom. The molecular weight excluding hydrogens is 433 g/mol. The molecule has 2 aromatic carbocycles. The molecule has 0 saturated heterocycles. The number of H-pyrrole nitrogens is 1. The first-order chi connectivity index (χ1) is 14.6. The zero-order chi connectivity index (χ0) is 22.8. The van der Waals surface area contributed by atoms with Gasteiger partial charge in [-0.1, -0.05) is 6.07 Å². The van der Waals surface area contributed by atoms with Crippen LogP contribution in [0.1, 0.15) is 18.1 Å². The van der Waals surface area contributed by atoms with Crippen LogP contribution in [0.25, 0.3) is 5.69 Å². The molecule has 3 rings (SSSR count). The second-order valence-corrected chi connectivity index (χ2v) is 6.75. The van der Waals surface area contributed by atoms with Crippen LogP contribution >= 0.6 is 12.2 Å². The molecule has 0 bridgehead atoms. The van der Waals surface area contributed by atoms with Crippen molar-refractivity contribution in [2.45, 2.75) is 13.1 Å². The molecule has 0 aliphatic carbocycles. The molecular formula is C20H15F3N4O3S. The van der Waals surface area contributed by atoms with Crippen molar-refractivity contribution in [3.63, 3.8) is 0 Å². The predicted octanol–water partition coefficient (Wildman–Crippen LogP) is 4.33. The van der Waals surface area contributed by atoms with Gasteiger partial charge in [-0.25, -0.2) is 0 Å². The number of alkyl halides is 3. The summed E-state index contributed by atoms with van der Waals surface area (Å²) in [6, 6.07) is 10.5. The lowest BCUT2D eigenvalue weighted by Gasteiger charge is -2.13. The molecule has 0 saturated carbocycles. The number of carbonyl (C=O) groups excluding carboxylic acids is 1. The van der Waals surface area contributed by atoms with Crippen LogP contribution in [0.5, 0.6) is 5.88 Å². The Bertz CT molecular complexity index is 1280. The number of aromatic nitrogens is 2. The molecule has 3 N–H and O–H groups in total. The van der Waals surface area contributed by atoms with E-state index in [9.17, 15) is 27.9 Å². The number of benzene rings is 2. The normalized spacial score (nSPS) is 11.6. The summed E-state index contributed by atoms with van der Waals surface area (Å²) in [6.07, 6.45) is -3.52. The van der Waals surface area contributed by atoms with E-state index in [1.165, 1.54) is 13.0 Å². The lowest BCUT2D eigenvalue weighted by Crippen LogP contribution is -2.18. The Hall–Kier alpha value is -3.73. The predicted molar refractivity (Wildman–Crippen MR) is 112 cm³/mol. The largest absolute Gasteiger partial charge is 0.494 e. The maximum Gasteiger partial charge on any atom is 0.416 e. The maximum absolute atomic E-state index is 13.0. The number of aliphatic imine (C=N–C) groups is 1. The number of hydrogen-bond acceptors (Lipinski definition) is 5. The van der Waals surface area contributed by atoms with Gasteiger partial charge in [0.1, 0.15) is 5.56 Å². The Kier molecular flexibility index (Phi) is 6.07. The molecule has 0 unspecified atom stereocenters. The molecule has 7 nitrogen and oxygen atoms in total. The van der Waals surface area contributed by atoms with E-state index in [0.717, 1.165) is 29.0 Å². The third-order valence-electron chi connectivity index (χ3n) is 4.08. The van der Waals surface area contributed by atoms with Gasteiger partial charge >= 0.3 is 6.18 Å². The first kappa shape index (κ1) is 22.0. The van der Waals surface area contributed by atoms with E-state index in [1.54, 1.807) is 24.3 Å². The highest BCUT2D eigenvalue weighted by molar-refractivity contribution is 7.71. The molecule has 1 aromatic heterocycles. The summed E-state index contributed by atoms with van der Waals surface area (Å²) in [4.78, 5) is 29.7. The van der Waals surface area contributed by atoms with Crippen molar-refractivity contribution >= 4 is 35.7 Å². The molecule has 0 aliphatic heterocycles. The number of carbonyl (C=O) groups is 1. The first-order valence-corrected chi connectivity index (χ1v) is 9.15. The van der Waals surface area contributed by atoms with E-state index in [-0.39, 0.29) is 21.9 Å². The zero-order valence-electron chi connectivity index (χ0n) is 15.9. The van der Waals surface area contributed by atoms with Gasteiger partial charge in [-0.2, -0.15) is 13.2 Å². The summed E-state index contributed by atoms with van der Waals surface area (Å²) in [5.41, 5.74) is -1.12. The lowest BCUT2D eigenvalue weighted by molar-refractivity contribution is -0.137. The van der Waals surface area contributed by atoms with Crippen molar-refractivity contribution in [3.8, 4) is 11.6 Å². The summed E-state index contributed by atoms with van der Waals surface area (Å²) < 4.78 is 39.7. The smallest absolute Gasteiger partial charge is 0.416 e. The molecule has 0 atom stereocenters. The van der Waals surface area contributed by atoms with E-state index >= 15 is 0 Å². The Balaban J connectivity index is 2.02. The third-order valence-corrected chi connectivity index (χ3v) is 4.37. The molecule has 31 heavy (non-hydrogen) atoms. The minimum atomic E-state index is -4.59. The molecule has 11 heteroatoms. The Morgan fingerprint density at radius 1 is 1.23 bits per heavy atom. The van der Waals surface area contributed by atoms with Gasteiger partial charge in [0.2, 0.25) is 11.8 Å². The van der Waals surface area contributed by atoms with E-state index in [0.29, 0.717) is 11.4 Å². The van der Waals surface area contributed by atoms with Crippen LogP contribution in [0.4, 0.5) is 24.5 Å². The number of aromatic amines is 1. The van der Waals surface area contributed by atoms with Crippen molar-refractivity contribution in [3.05, 3.63) is 74.8 Å². The van der Waals surface area contributed by atoms with Gasteiger partial charge in [0.25, 0.3) is 5.56 Å². The van der Waals surface area contributed by atoms with Gasteiger partial charge < -0.3 is 10.4 Å². The number of nitrogens with one attached hydrogen (secondary N) is 2. The fraction of sp³-hybridized carbons (Fsp3) is 0.100. The van der Waals surface area contributed by atoms with Crippen LogP contribution < -0.4 is 10.9 Å². The SMILES string of the molecule is CC(=O)Nc1ccc(N=Cc2c(O)n(-c3cccc(C(F)(F)F)c3)c(=S)[nH]c2=O)cc1. The summed E-state index contributed by atoms with van der Waals surface area (Å²) in [5, 5.41) is 13.2.